The van der Waals surface area contributed by atoms with Crippen LogP contribution in [0.5, 0.6) is 5.75 Å². The molecular formula is C13H16N4O. The van der Waals surface area contributed by atoms with Gasteiger partial charge in [0.05, 0.1) is 7.11 Å². The summed E-state index contributed by atoms with van der Waals surface area (Å²) >= 11 is 0. The molecule has 0 radical (unpaired) electrons. The van der Waals surface area contributed by atoms with E-state index < -0.39 is 0 Å². The van der Waals surface area contributed by atoms with Crippen LogP contribution in [0.3, 0.4) is 0 Å². The number of aromatic nitrogens is 2. The second-order valence-corrected chi connectivity index (χ2v) is 3.96. The third-order valence-corrected chi connectivity index (χ3v) is 2.87. The molecule has 1 aromatic heterocycles. The second-order valence-electron chi connectivity index (χ2n) is 3.96. The molecule has 5 heteroatoms. The topological polar surface area (TPSA) is 64.3 Å². The summed E-state index contributed by atoms with van der Waals surface area (Å²) in [6.45, 7) is 1.91. The lowest BCUT2D eigenvalue weighted by Crippen LogP contribution is -2.14. The van der Waals surface area contributed by atoms with Crippen LogP contribution in [0.4, 0.5) is 17.3 Å². The number of ether oxygens (including phenoxy) is 1. The summed E-state index contributed by atoms with van der Waals surface area (Å²) in [6, 6.07) is 7.75. The Kier molecular flexibility index (Phi) is 3.32. The number of rotatable bonds is 3. The van der Waals surface area contributed by atoms with Crippen LogP contribution in [0.1, 0.15) is 5.56 Å². The van der Waals surface area contributed by atoms with Crippen molar-refractivity contribution in [1.29, 1.82) is 0 Å². The molecule has 0 unspecified atom stereocenters. The number of hydrogen-bond donors (Lipinski definition) is 1. The summed E-state index contributed by atoms with van der Waals surface area (Å²) in [4.78, 5) is 10.2. The summed E-state index contributed by atoms with van der Waals surface area (Å²) in [5.41, 5.74) is 7.67. The van der Waals surface area contributed by atoms with Crippen LogP contribution in [-0.4, -0.2) is 24.1 Å². The summed E-state index contributed by atoms with van der Waals surface area (Å²) < 4.78 is 5.13. The van der Waals surface area contributed by atoms with E-state index in [2.05, 4.69) is 9.97 Å². The molecule has 0 aliphatic heterocycles. The monoisotopic (exact) mass is 244 g/mol. The molecular weight excluding hydrogens is 228 g/mol. The van der Waals surface area contributed by atoms with Gasteiger partial charge < -0.3 is 15.4 Å². The van der Waals surface area contributed by atoms with Crippen molar-refractivity contribution < 1.29 is 4.74 Å². The Hall–Kier alpha value is -2.30. The van der Waals surface area contributed by atoms with Gasteiger partial charge >= 0.3 is 0 Å². The first-order valence-corrected chi connectivity index (χ1v) is 5.58. The number of nitrogens with zero attached hydrogens (tertiary/aromatic N) is 3. The van der Waals surface area contributed by atoms with Crippen LogP contribution in [0, 0.1) is 6.92 Å². The number of methoxy groups -OCH3 is 1. The molecule has 0 saturated heterocycles. The SMILES string of the molecule is COc1ccc(N(C)c2ncnc(N)c2C)cc1. The number of nitrogens with two attached hydrogens (primary N) is 1. The summed E-state index contributed by atoms with van der Waals surface area (Å²) in [5, 5.41) is 0. The Labute approximate surface area is 106 Å². The zero-order chi connectivity index (χ0) is 13.1. The second kappa shape index (κ2) is 4.91. The Morgan fingerprint density at radius 2 is 1.83 bits per heavy atom. The van der Waals surface area contributed by atoms with Crippen LogP contribution >= 0.6 is 0 Å². The fraction of sp³-hybridized carbons (Fsp3) is 0.231. The highest BCUT2D eigenvalue weighted by Crippen LogP contribution is 2.27. The van der Waals surface area contributed by atoms with Crippen molar-refractivity contribution in [3.05, 3.63) is 36.2 Å². The van der Waals surface area contributed by atoms with E-state index in [9.17, 15) is 0 Å². The molecule has 2 aromatic rings. The molecule has 94 valence electrons. The molecule has 5 nitrogen and oxygen atoms in total. The van der Waals surface area contributed by atoms with Gasteiger partial charge in [-0.2, -0.15) is 0 Å². The van der Waals surface area contributed by atoms with E-state index in [1.54, 1.807) is 7.11 Å². The highest BCUT2D eigenvalue weighted by atomic mass is 16.5. The molecule has 0 amide bonds. The van der Waals surface area contributed by atoms with E-state index in [0.29, 0.717) is 5.82 Å². The Morgan fingerprint density at radius 3 is 2.44 bits per heavy atom. The molecule has 0 bridgehead atoms. The molecule has 0 fully saturated rings. The molecule has 0 atom stereocenters. The molecule has 0 aliphatic carbocycles. The normalized spacial score (nSPS) is 10.2. The zero-order valence-corrected chi connectivity index (χ0v) is 10.7. The van der Waals surface area contributed by atoms with E-state index in [4.69, 9.17) is 10.5 Å². The number of anilines is 3. The van der Waals surface area contributed by atoms with Crippen molar-refractivity contribution in [3.63, 3.8) is 0 Å². The molecule has 1 aromatic carbocycles. The Balaban J connectivity index is 2.35. The number of hydrogen-bond acceptors (Lipinski definition) is 5. The average molecular weight is 244 g/mol. The van der Waals surface area contributed by atoms with Gasteiger partial charge in [-0.3, -0.25) is 0 Å². The maximum Gasteiger partial charge on any atom is 0.141 e. The van der Waals surface area contributed by atoms with E-state index >= 15 is 0 Å². The molecule has 2 N–H and O–H groups in total. The van der Waals surface area contributed by atoms with E-state index in [-0.39, 0.29) is 0 Å². The molecule has 0 aliphatic rings. The Bertz CT molecular complexity index is 539. The van der Waals surface area contributed by atoms with Gasteiger partial charge in [0.25, 0.3) is 0 Å². The van der Waals surface area contributed by atoms with Gasteiger partial charge in [0.2, 0.25) is 0 Å². The first-order valence-electron chi connectivity index (χ1n) is 5.58. The smallest absolute Gasteiger partial charge is 0.141 e. The third-order valence-electron chi connectivity index (χ3n) is 2.87. The fourth-order valence-corrected chi connectivity index (χ4v) is 1.72. The summed E-state index contributed by atoms with van der Waals surface area (Å²) in [6.07, 6.45) is 1.47. The minimum absolute atomic E-state index is 0.500. The maximum atomic E-state index is 5.78. The van der Waals surface area contributed by atoms with E-state index in [0.717, 1.165) is 22.8 Å². The molecule has 18 heavy (non-hydrogen) atoms. The lowest BCUT2D eigenvalue weighted by atomic mass is 10.2. The lowest BCUT2D eigenvalue weighted by Gasteiger charge is -2.20. The highest BCUT2D eigenvalue weighted by Gasteiger charge is 2.10. The quantitative estimate of drug-likeness (QED) is 0.896. The van der Waals surface area contributed by atoms with Crippen LogP contribution in [0.25, 0.3) is 0 Å². The van der Waals surface area contributed by atoms with Crippen LogP contribution in [0.2, 0.25) is 0 Å². The van der Waals surface area contributed by atoms with Gasteiger partial charge in [-0.25, -0.2) is 9.97 Å². The van der Waals surface area contributed by atoms with Crippen LogP contribution in [-0.2, 0) is 0 Å². The standard InChI is InChI=1S/C13H16N4O/c1-9-12(14)15-8-16-13(9)17(2)10-4-6-11(18-3)7-5-10/h4-8H,1-3H3,(H2,14,15,16). The van der Waals surface area contributed by atoms with Crippen molar-refractivity contribution >= 4 is 17.3 Å². The van der Waals surface area contributed by atoms with E-state index in [1.807, 2.05) is 43.1 Å². The van der Waals surface area contributed by atoms with Crippen molar-refractivity contribution in [2.24, 2.45) is 0 Å². The first kappa shape index (κ1) is 12.2. The summed E-state index contributed by atoms with van der Waals surface area (Å²) in [7, 11) is 3.59. The molecule has 2 rings (SSSR count). The van der Waals surface area contributed by atoms with E-state index in [1.165, 1.54) is 6.33 Å². The average Bonchev–Trinajstić information content (AvgIpc) is 2.41. The van der Waals surface area contributed by atoms with Crippen molar-refractivity contribution in [1.82, 2.24) is 9.97 Å². The van der Waals surface area contributed by atoms with Crippen molar-refractivity contribution in [3.8, 4) is 5.75 Å². The van der Waals surface area contributed by atoms with Crippen LogP contribution < -0.4 is 15.4 Å². The zero-order valence-electron chi connectivity index (χ0n) is 10.7. The Morgan fingerprint density at radius 1 is 1.17 bits per heavy atom. The summed E-state index contributed by atoms with van der Waals surface area (Å²) in [5.74, 6) is 2.12. The minimum Gasteiger partial charge on any atom is -0.497 e. The van der Waals surface area contributed by atoms with Gasteiger partial charge in [-0.05, 0) is 31.2 Å². The molecule has 0 spiro atoms. The largest absolute Gasteiger partial charge is 0.497 e. The highest BCUT2D eigenvalue weighted by molar-refractivity contribution is 5.65. The maximum absolute atomic E-state index is 5.78. The molecule has 1 heterocycles. The first-order chi connectivity index (χ1) is 8.63. The van der Waals surface area contributed by atoms with Gasteiger partial charge in [-0.1, -0.05) is 0 Å². The van der Waals surface area contributed by atoms with Gasteiger partial charge in [0.1, 0.15) is 23.7 Å². The van der Waals surface area contributed by atoms with Crippen molar-refractivity contribution in [2.45, 2.75) is 6.92 Å². The predicted octanol–water partition coefficient (Wildman–Crippen LogP) is 2.14. The fourth-order valence-electron chi connectivity index (χ4n) is 1.72. The van der Waals surface area contributed by atoms with Gasteiger partial charge in [0.15, 0.2) is 0 Å². The van der Waals surface area contributed by atoms with Gasteiger partial charge in [0, 0.05) is 18.3 Å². The minimum atomic E-state index is 0.500. The van der Waals surface area contributed by atoms with Crippen molar-refractivity contribution in [2.75, 3.05) is 24.8 Å². The van der Waals surface area contributed by atoms with Gasteiger partial charge in [-0.15, -0.1) is 0 Å². The lowest BCUT2D eigenvalue weighted by molar-refractivity contribution is 0.415. The molecule has 0 saturated carbocycles. The number of nitrogen functional groups attached to an aromatic ring is 1. The van der Waals surface area contributed by atoms with Crippen LogP contribution in [0.15, 0.2) is 30.6 Å². The predicted molar refractivity (Wildman–Crippen MR) is 72.2 cm³/mol. The number of benzene rings is 1. The third kappa shape index (κ3) is 2.20.